The Morgan fingerprint density at radius 3 is 2.67 bits per heavy atom. The number of aromatic carboxylic acids is 1. The van der Waals surface area contributed by atoms with Gasteiger partial charge in [0.2, 0.25) is 5.95 Å². The Balaban J connectivity index is 1.62. The summed E-state index contributed by atoms with van der Waals surface area (Å²) in [6.45, 7) is 0.844. The molecule has 1 aliphatic heterocycles. The van der Waals surface area contributed by atoms with E-state index in [1.165, 1.54) is 11.8 Å². The Bertz CT molecular complexity index is 1060. The number of anilines is 1. The lowest BCUT2D eigenvalue weighted by Crippen LogP contribution is -2.25. The third-order valence-corrected chi connectivity index (χ3v) is 6.34. The van der Waals surface area contributed by atoms with E-state index in [1.54, 1.807) is 0 Å². The van der Waals surface area contributed by atoms with E-state index in [0.717, 1.165) is 29.4 Å². The van der Waals surface area contributed by atoms with Gasteiger partial charge in [0.05, 0.1) is 17.3 Å². The molecule has 2 heterocycles. The average molecular weight is 487 g/mol. The summed E-state index contributed by atoms with van der Waals surface area (Å²) in [6.07, 6.45) is 4.59. The lowest BCUT2D eigenvalue weighted by Gasteiger charge is -2.25. The van der Waals surface area contributed by atoms with E-state index in [1.807, 2.05) is 36.4 Å². The van der Waals surface area contributed by atoms with Crippen molar-refractivity contribution in [3.8, 4) is 0 Å². The third kappa shape index (κ3) is 4.50. The van der Waals surface area contributed by atoms with Crippen molar-refractivity contribution >= 4 is 39.4 Å². The molecule has 3 aromatic rings. The van der Waals surface area contributed by atoms with Crippen LogP contribution in [0.3, 0.4) is 0 Å². The molecule has 0 saturated carbocycles. The zero-order valence-corrected chi connectivity index (χ0v) is 18.6. The minimum absolute atomic E-state index is 0.144. The molecule has 1 fully saturated rings. The lowest BCUT2D eigenvalue weighted by atomic mass is 10.0. The number of aromatic nitrogens is 2. The predicted octanol–water partition coefficient (Wildman–Crippen LogP) is 5.72. The van der Waals surface area contributed by atoms with Gasteiger partial charge < -0.3 is 10.0 Å². The van der Waals surface area contributed by atoms with Crippen LogP contribution in [0.2, 0.25) is 5.02 Å². The van der Waals surface area contributed by atoms with Crippen LogP contribution in [-0.2, 0) is 12.8 Å². The van der Waals surface area contributed by atoms with Crippen LogP contribution in [0, 0.1) is 0 Å². The maximum Gasteiger partial charge on any atom is 0.339 e. The van der Waals surface area contributed by atoms with Crippen molar-refractivity contribution in [1.82, 2.24) is 9.97 Å². The SMILES string of the molecule is O=C(O)c1cnc(N2CCC[C@@H]2c2ccc(Br)cc2)nc1CCc1ccccc1Cl. The molecule has 1 saturated heterocycles. The summed E-state index contributed by atoms with van der Waals surface area (Å²) < 4.78 is 1.04. The molecule has 2 aromatic carbocycles. The Morgan fingerprint density at radius 2 is 1.93 bits per heavy atom. The van der Waals surface area contributed by atoms with Crippen LogP contribution < -0.4 is 4.90 Å². The monoisotopic (exact) mass is 485 g/mol. The van der Waals surface area contributed by atoms with E-state index in [2.05, 4.69) is 37.9 Å². The van der Waals surface area contributed by atoms with Gasteiger partial charge in [0, 0.05) is 22.2 Å². The van der Waals surface area contributed by atoms with Gasteiger partial charge in [-0.2, -0.15) is 0 Å². The van der Waals surface area contributed by atoms with Crippen molar-refractivity contribution in [3.63, 3.8) is 0 Å². The number of halogens is 2. The molecule has 1 aliphatic rings. The van der Waals surface area contributed by atoms with E-state index >= 15 is 0 Å². The molecule has 0 amide bonds. The van der Waals surface area contributed by atoms with Gasteiger partial charge in [0.15, 0.2) is 0 Å². The summed E-state index contributed by atoms with van der Waals surface area (Å²) in [4.78, 5) is 23.0. The standard InChI is InChI=1S/C23H21BrClN3O2/c24-17-10-7-16(8-11-17)21-6-3-13-28(21)23-26-14-18(22(29)30)20(27-23)12-9-15-4-1-2-5-19(15)25/h1-2,4-5,7-8,10-11,14,21H,3,6,9,12-13H2,(H,29,30)/t21-/m1/s1. The third-order valence-electron chi connectivity index (χ3n) is 5.44. The fourth-order valence-electron chi connectivity index (χ4n) is 3.91. The Kier molecular flexibility index (Phi) is 6.35. The average Bonchev–Trinajstić information content (AvgIpc) is 3.23. The molecule has 30 heavy (non-hydrogen) atoms. The van der Waals surface area contributed by atoms with E-state index in [-0.39, 0.29) is 11.6 Å². The van der Waals surface area contributed by atoms with Gasteiger partial charge >= 0.3 is 5.97 Å². The normalized spacial score (nSPS) is 16.1. The molecule has 5 nitrogen and oxygen atoms in total. The molecule has 0 bridgehead atoms. The maximum absolute atomic E-state index is 11.7. The van der Waals surface area contributed by atoms with Crippen LogP contribution in [0.1, 0.15) is 46.1 Å². The fourth-order valence-corrected chi connectivity index (χ4v) is 4.40. The number of rotatable bonds is 6. The van der Waals surface area contributed by atoms with Crippen molar-refractivity contribution in [1.29, 1.82) is 0 Å². The molecule has 1 aromatic heterocycles. The van der Waals surface area contributed by atoms with Crippen LogP contribution in [0.5, 0.6) is 0 Å². The number of aryl methyl sites for hydroxylation is 2. The second-order valence-corrected chi connectivity index (χ2v) is 8.65. The van der Waals surface area contributed by atoms with Crippen LogP contribution in [0.4, 0.5) is 5.95 Å². The van der Waals surface area contributed by atoms with Gasteiger partial charge in [0.25, 0.3) is 0 Å². The Labute approximate surface area is 188 Å². The number of carboxylic acids is 1. The highest BCUT2D eigenvalue weighted by Crippen LogP contribution is 2.35. The first-order valence-corrected chi connectivity index (χ1v) is 11.0. The van der Waals surface area contributed by atoms with Gasteiger partial charge in [-0.1, -0.05) is 57.9 Å². The Hall–Kier alpha value is -2.44. The molecule has 1 N–H and O–H groups in total. The summed E-state index contributed by atoms with van der Waals surface area (Å²) >= 11 is 9.75. The van der Waals surface area contributed by atoms with Gasteiger partial charge in [-0.3, -0.25) is 0 Å². The summed E-state index contributed by atoms with van der Waals surface area (Å²) in [5, 5.41) is 10.3. The summed E-state index contributed by atoms with van der Waals surface area (Å²) in [7, 11) is 0. The highest BCUT2D eigenvalue weighted by atomic mass is 79.9. The number of benzene rings is 2. The first kappa shape index (κ1) is 20.8. The number of hydrogen-bond donors (Lipinski definition) is 1. The molecule has 7 heteroatoms. The zero-order chi connectivity index (χ0) is 21.1. The predicted molar refractivity (Wildman–Crippen MR) is 121 cm³/mol. The number of carboxylic acid groups (broad SMARTS) is 1. The van der Waals surface area contributed by atoms with Gasteiger partial charge in [-0.15, -0.1) is 0 Å². The smallest absolute Gasteiger partial charge is 0.339 e. The molecule has 4 rings (SSSR count). The molecular weight excluding hydrogens is 466 g/mol. The topological polar surface area (TPSA) is 66.3 Å². The molecule has 1 atom stereocenters. The van der Waals surface area contributed by atoms with E-state index in [0.29, 0.717) is 29.5 Å². The molecule has 0 unspecified atom stereocenters. The number of carbonyl (C=O) groups is 1. The summed E-state index contributed by atoms with van der Waals surface area (Å²) in [6, 6.07) is 16.1. The van der Waals surface area contributed by atoms with Crippen LogP contribution in [0.15, 0.2) is 59.2 Å². The van der Waals surface area contributed by atoms with Gasteiger partial charge in [-0.05, 0) is 55.0 Å². The van der Waals surface area contributed by atoms with E-state index in [9.17, 15) is 9.90 Å². The molecule has 154 valence electrons. The highest BCUT2D eigenvalue weighted by molar-refractivity contribution is 9.10. The second-order valence-electron chi connectivity index (χ2n) is 7.33. The second kappa shape index (κ2) is 9.14. The van der Waals surface area contributed by atoms with Crippen molar-refractivity contribution in [2.45, 2.75) is 31.7 Å². The largest absolute Gasteiger partial charge is 0.478 e. The number of hydrogen-bond acceptors (Lipinski definition) is 4. The lowest BCUT2D eigenvalue weighted by molar-refractivity contribution is 0.0694. The van der Waals surface area contributed by atoms with Gasteiger partial charge in [0.1, 0.15) is 0 Å². The molecule has 0 spiro atoms. The van der Waals surface area contributed by atoms with Crippen LogP contribution in [-0.4, -0.2) is 27.6 Å². The van der Waals surface area contributed by atoms with Crippen LogP contribution >= 0.6 is 27.5 Å². The molecular formula is C23H21BrClN3O2. The Morgan fingerprint density at radius 1 is 1.17 bits per heavy atom. The minimum atomic E-state index is -1.01. The van der Waals surface area contributed by atoms with Crippen LogP contribution in [0.25, 0.3) is 0 Å². The molecule has 0 aliphatic carbocycles. The van der Waals surface area contributed by atoms with Crippen molar-refractivity contribution < 1.29 is 9.90 Å². The summed E-state index contributed by atoms with van der Waals surface area (Å²) in [5.41, 5.74) is 2.86. The van der Waals surface area contributed by atoms with Crippen molar-refractivity contribution in [3.05, 3.63) is 86.6 Å². The maximum atomic E-state index is 11.7. The quantitative estimate of drug-likeness (QED) is 0.483. The van der Waals surface area contributed by atoms with Gasteiger partial charge in [-0.25, -0.2) is 14.8 Å². The molecule has 0 radical (unpaired) electrons. The number of nitrogens with zero attached hydrogens (tertiary/aromatic N) is 3. The van der Waals surface area contributed by atoms with E-state index in [4.69, 9.17) is 16.6 Å². The zero-order valence-electron chi connectivity index (χ0n) is 16.3. The van der Waals surface area contributed by atoms with Crippen molar-refractivity contribution in [2.75, 3.05) is 11.4 Å². The minimum Gasteiger partial charge on any atom is -0.478 e. The summed E-state index contributed by atoms with van der Waals surface area (Å²) in [5.74, 6) is -0.429. The first-order chi connectivity index (χ1) is 14.5. The fraction of sp³-hybridized carbons (Fsp3) is 0.261. The highest BCUT2D eigenvalue weighted by Gasteiger charge is 2.29. The van der Waals surface area contributed by atoms with Crippen molar-refractivity contribution in [2.24, 2.45) is 0 Å². The first-order valence-electron chi connectivity index (χ1n) is 9.87. The van der Waals surface area contributed by atoms with E-state index < -0.39 is 5.97 Å².